The maximum atomic E-state index is 5.59. The van der Waals surface area contributed by atoms with Gasteiger partial charge >= 0.3 is 0 Å². The van der Waals surface area contributed by atoms with Gasteiger partial charge in [0.25, 0.3) is 0 Å². The maximum absolute atomic E-state index is 5.59. The summed E-state index contributed by atoms with van der Waals surface area (Å²) in [6, 6.07) is 8.16. The summed E-state index contributed by atoms with van der Waals surface area (Å²) in [6.07, 6.45) is 5.59. The van der Waals surface area contributed by atoms with E-state index >= 15 is 0 Å². The van der Waals surface area contributed by atoms with Gasteiger partial charge in [0, 0.05) is 6.61 Å². The smallest absolute Gasteiger partial charge is 0.118 e. The Balaban J connectivity index is 2.05. The van der Waals surface area contributed by atoms with Gasteiger partial charge < -0.3 is 9.47 Å². The van der Waals surface area contributed by atoms with Gasteiger partial charge in [-0.25, -0.2) is 0 Å². The zero-order valence-corrected chi connectivity index (χ0v) is 10.8. The summed E-state index contributed by atoms with van der Waals surface area (Å²) in [5.41, 5.74) is 1.29. The molecule has 0 N–H and O–H groups in total. The van der Waals surface area contributed by atoms with Gasteiger partial charge in [-0.1, -0.05) is 38.3 Å². The monoisotopic (exact) mass is 235 g/mol. The van der Waals surface area contributed by atoms with Gasteiger partial charge in [-0.3, -0.25) is 0 Å². The highest BCUT2D eigenvalue weighted by molar-refractivity contribution is 5.27. The van der Waals surface area contributed by atoms with Crippen LogP contribution in [0, 0.1) is 6.92 Å². The second kappa shape index (κ2) is 9.06. The zero-order chi connectivity index (χ0) is 12.3. The average molecular weight is 235 g/mol. The lowest BCUT2D eigenvalue weighted by atomic mass is 10.1. The second-order valence-electron chi connectivity index (χ2n) is 4.12. The van der Waals surface area contributed by atoms with Crippen molar-refractivity contribution in [2.24, 2.45) is 0 Å². The number of rotatable bonds is 9. The fraction of sp³-hybridized carbons (Fsp3) is 0.533. The number of benzene rings is 1. The van der Waals surface area contributed by atoms with Crippen LogP contribution in [-0.2, 0) is 11.2 Å². The molecule has 0 heterocycles. The van der Waals surface area contributed by atoms with E-state index in [-0.39, 0.29) is 0 Å². The van der Waals surface area contributed by atoms with Crippen molar-refractivity contribution in [1.82, 2.24) is 0 Å². The van der Waals surface area contributed by atoms with Gasteiger partial charge in [0.2, 0.25) is 0 Å². The predicted octanol–water partition coefficient (Wildman–Crippen LogP) is 3.65. The normalized spacial score (nSPS) is 10.5. The molecular formula is C15H23O2. The summed E-state index contributed by atoms with van der Waals surface area (Å²) < 4.78 is 10.7. The Labute approximate surface area is 105 Å². The highest BCUT2D eigenvalue weighted by Crippen LogP contribution is 2.11. The number of hydrogen-bond donors (Lipinski definition) is 0. The molecule has 2 nitrogen and oxygen atoms in total. The Bertz CT molecular complexity index is 279. The largest absolute Gasteiger partial charge is 0.497 e. The summed E-state index contributed by atoms with van der Waals surface area (Å²) >= 11 is 0. The zero-order valence-electron chi connectivity index (χ0n) is 10.8. The van der Waals surface area contributed by atoms with Crippen molar-refractivity contribution in [3.63, 3.8) is 0 Å². The molecule has 0 atom stereocenters. The van der Waals surface area contributed by atoms with E-state index in [1.807, 2.05) is 12.1 Å². The van der Waals surface area contributed by atoms with E-state index in [4.69, 9.17) is 9.47 Å². The Morgan fingerprint density at radius 3 is 2.41 bits per heavy atom. The number of hydrogen-bond acceptors (Lipinski definition) is 2. The molecule has 0 aliphatic carbocycles. The Morgan fingerprint density at radius 1 is 1.00 bits per heavy atom. The molecule has 0 aliphatic heterocycles. The van der Waals surface area contributed by atoms with Crippen molar-refractivity contribution in [3.05, 3.63) is 36.8 Å². The minimum Gasteiger partial charge on any atom is -0.497 e. The molecule has 0 bridgehead atoms. The Morgan fingerprint density at radius 2 is 1.76 bits per heavy atom. The van der Waals surface area contributed by atoms with Crippen molar-refractivity contribution in [3.8, 4) is 5.75 Å². The van der Waals surface area contributed by atoms with E-state index < -0.39 is 0 Å². The first-order chi connectivity index (χ1) is 8.36. The van der Waals surface area contributed by atoms with Gasteiger partial charge in [-0.2, -0.15) is 0 Å². The second-order valence-corrected chi connectivity index (χ2v) is 4.12. The summed E-state index contributed by atoms with van der Waals surface area (Å²) in [7, 11) is 1.68. The van der Waals surface area contributed by atoms with Gasteiger partial charge in [0.05, 0.1) is 13.7 Å². The highest BCUT2D eigenvalue weighted by atomic mass is 16.5. The van der Waals surface area contributed by atoms with Crippen LogP contribution in [0.15, 0.2) is 24.3 Å². The first kappa shape index (κ1) is 14.0. The van der Waals surface area contributed by atoms with E-state index in [0.29, 0.717) is 0 Å². The predicted molar refractivity (Wildman–Crippen MR) is 71.3 cm³/mol. The van der Waals surface area contributed by atoms with Crippen LogP contribution < -0.4 is 4.74 Å². The number of ether oxygens (including phenoxy) is 2. The molecular weight excluding hydrogens is 212 g/mol. The van der Waals surface area contributed by atoms with E-state index in [1.54, 1.807) is 7.11 Å². The van der Waals surface area contributed by atoms with E-state index in [1.165, 1.54) is 18.4 Å². The van der Waals surface area contributed by atoms with Gasteiger partial charge in [0.1, 0.15) is 5.75 Å². The molecule has 2 heteroatoms. The van der Waals surface area contributed by atoms with Crippen LogP contribution in [0.25, 0.3) is 0 Å². The third-order valence-electron chi connectivity index (χ3n) is 2.73. The Kier molecular flexibility index (Phi) is 7.48. The van der Waals surface area contributed by atoms with Crippen LogP contribution in [-0.4, -0.2) is 20.3 Å². The lowest BCUT2D eigenvalue weighted by molar-refractivity contribution is 0.133. The molecule has 1 rings (SSSR count). The van der Waals surface area contributed by atoms with Crippen molar-refractivity contribution >= 4 is 0 Å². The lowest BCUT2D eigenvalue weighted by Gasteiger charge is -2.05. The fourth-order valence-electron chi connectivity index (χ4n) is 1.64. The summed E-state index contributed by atoms with van der Waals surface area (Å²) in [5, 5.41) is 0. The standard InChI is InChI=1S/C15H23O2/c1-3-4-5-6-12-17-13-11-14-7-9-15(16-2)10-8-14/h7-10H,1,3-6,11-13H2,2H3. The average Bonchev–Trinajstić information content (AvgIpc) is 2.38. The summed E-state index contributed by atoms with van der Waals surface area (Å²) in [4.78, 5) is 0. The molecule has 1 radical (unpaired) electrons. The van der Waals surface area contributed by atoms with Crippen LogP contribution in [0.3, 0.4) is 0 Å². The van der Waals surface area contributed by atoms with Gasteiger partial charge in [-0.05, 0) is 30.5 Å². The van der Waals surface area contributed by atoms with Crippen LogP contribution >= 0.6 is 0 Å². The molecule has 0 spiro atoms. The van der Waals surface area contributed by atoms with Crippen molar-refractivity contribution in [2.75, 3.05) is 20.3 Å². The SMILES string of the molecule is [CH2]CCCCCOCCc1ccc(OC)cc1. The topological polar surface area (TPSA) is 18.5 Å². The van der Waals surface area contributed by atoms with Crippen LogP contribution in [0.5, 0.6) is 5.75 Å². The molecule has 0 aromatic heterocycles. The minimum absolute atomic E-state index is 0.802. The molecule has 0 saturated heterocycles. The third kappa shape index (κ3) is 6.32. The number of unbranched alkanes of at least 4 members (excludes halogenated alkanes) is 3. The van der Waals surface area contributed by atoms with Crippen LogP contribution in [0.1, 0.15) is 31.2 Å². The molecule has 0 unspecified atom stereocenters. The Hall–Kier alpha value is -1.02. The molecule has 0 fully saturated rings. The molecule has 1 aromatic carbocycles. The van der Waals surface area contributed by atoms with Gasteiger partial charge in [0.15, 0.2) is 0 Å². The van der Waals surface area contributed by atoms with Crippen molar-refractivity contribution < 1.29 is 9.47 Å². The molecule has 0 aliphatic rings. The third-order valence-corrected chi connectivity index (χ3v) is 2.73. The molecule has 17 heavy (non-hydrogen) atoms. The molecule has 0 saturated carbocycles. The quantitative estimate of drug-likeness (QED) is 0.608. The van der Waals surface area contributed by atoms with E-state index in [0.717, 1.165) is 38.2 Å². The minimum atomic E-state index is 0.802. The maximum Gasteiger partial charge on any atom is 0.118 e. The first-order valence-electron chi connectivity index (χ1n) is 6.36. The van der Waals surface area contributed by atoms with E-state index in [9.17, 15) is 0 Å². The lowest BCUT2D eigenvalue weighted by Crippen LogP contribution is -2.00. The first-order valence-corrected chi connectivity index (χ1v) is 6.36. The van der Waals surface area contributed by atoms with Crippen molar-refractivity contribution in [1.29, 1.82) is 0 Å². The fourth-order valence-corrected chi connectivity index (χ4v) is 1.64. The van der Waals surface area contributed by atoms with Crippen LogP contribution in [0.2, 0.25) is 0 Å². The molecule has 0 amide bonds. The summed E-state index contributed by atoms with van der Waals surface area (Å²) in [5.74, 6) is 0.905. The van der Waals surface area contributed by atoms with E-state index in [2.05, 4.69) is 19.1 Å². The van der Waals surface area contributed by atoms with Crippen LogP contribution in [0.4, 0.5) is 0 Å². The molecule has 95 valence electrons. The number of methoxy groups -OCH3 is 1. The highest BCUT2D eigenvalue weighted by Gasteiger charge is 1.95. The molecule has 1 aromatic rings. The summed E-state index contributed by atoms with van der Waals surface area (Å²) in [6.45, 7) is 5.50. The van der Waals surface area contributed by atoms with Gasteiger partial charge in [-0.15, -0.1) is 0 Å². The van der Waals surface area contributed by atoms with Crippen molar-refractivity contribution in [2.45, 2.75) is 32.1 Å².